The van der Waals surface area contributed by atoms with Crippen LogP contribution < -0.4 is 0 Å². The molecule has 18 heavy (non-hydrogen) atoms. The highest BCUT2D eigenvalue weighted by atomic mass is 16.5. The van der Waals surface area contributed by atoms with E-state index in [-0.39, 0.29) is 11.9 Å². The van der Waals surface area contributed by atoms with E-state index in [1.807, 2.05) is 6.92 Å². The molecule has 1 saturated carbocycles. The van der Waals surface area contributed by atoms with Crippen LogP contribution in [-0.2, 0) is 16.0 Å². The van der Waals surface area contributed by atoms with E-state index in [1.165, 1.54) is 11.1 Å². The van der Waals surface area contributed by atoms with Crippen molar-refractivity contribution in [3.05, 3.63) is 35.4 Å². The molecule has 0 spiro atoms. The van der Waals surface area contributed by atoms with E-state index >= 15 is 0 Å². The summed E-state index contributed by atoms with van der Waals surface area (Å²) in [4.78, 5) is 11.9. The molecule has 0 heterocycles. The van der Waals surface area contributed by atoms with Crippen molar-refractivity contribution in [1.82, 2.24) is 0 Å². The van der Waals surface area contributed by atoms with Gasteiger partial charge >= 0.3 is 5.97 Å². The van der Waals surface area contributed by atoms with E-state index in [2.05, 4.69) is 31.2 Å². The summed E-state index contributed by atoms with van der Waals surface area (Å²) in [6, 6.07) is 8.72. The van der Waals surface area contributed by atoms with Gasteiger partial charge in [0.15, 0.2) is 0 Å². The van der Waals surface area contributed by atoms with Crippen molar-refractivity contribution in [3.8, 4) is 0 Å². The topological polar surface area (TPSA) is 26.3 Å². The Morgan fingerprint density at radius 3 is 2.56 bits per heavy atom. The largest absolute Gasteiger partial charge is 0.466 e. The quantitative estimate of drug-likeness (QED) is 0.757. The Morgan fingerprint density at radius 2 is 1.94 bits per heavy atom. The van der Waals surface area contributed by atoms with Crippen molar-refractivity contribution in [2.75, 3.05) is 6.61 Å². The van der Waals surface area contributed by atoms with Crippen molar-refractivity contribution in [1.29, 1.82) is 0 Å². The zero-order valence-corrected chi connectivity index (χ0v) is 11.3. The van der Waals surface area contributed by atoms with Gasteiger partial charge in [0.05, 0.1) is 12.5 Å². The van der Waals surface area contributed by atoms with Crippen LogP contribution in [0.25, 0.3) is 0 Å². The molecular weight excluding hydrogens is 224 g/mol. The lowest BCUT2D eigenvalue weighted by atomic mass is 9.88. The molecule has 2 nitrogen and oxygen atoms in total. The van der Waals surface area contributed by atoms with Gasteiger partial charge in [-0.05, 0) is 43.2 Å². The number of rotatable bonds is 4. The first-order chi connectivity index (χ1) is 8.76. The molecule has 1 aliphatic rings. The Morgan fingerprint density at radius 1 is 1.22 bits per heavy atom. The second-order valence-electron chi connectivity index (χ2n) is 4.99. The second-order valence-corrected chi connectivity index (χ2v) is 4.99. The highest BCUT2D eigenvalue weighted by molar-refractivity contribution is 5.74. The van der Waals surface area contributed by atoms with Crippen LogP contribution in [0.1, 0.15) is 50.2 Å². The number of hydrogen-bond acceptors (Lipinski definition) is 2. The lowest BCUT2D eigenvalue weighted by Gasteiger charge is -2.18. The highest BCUT2D eigenvalue weighted by Crippen LogP contribution is 2.40. The maximum Gasteiger partial charge on any atom is 0.309 e. The van der Waals surface area contributed by atoms with Gasteiger partial charge in [0, 0.05) is 0 Å². The molecule has 0 N–H and O–H groups in total. The van der Waals surface area contributed by atoms with Crippen molar-refractivity contribution < 1.29 is 9.53 Å². The zero-order chi connectivity index (χ0) is 13.0. The molecular formula is C16H22O2. The van der Waals surface area contributed by atoms with E-state index in [0.717, 1.165) is 25.7 Å². The predicted octanol–water partition coefficient (Wildman–Crippen LogP) is 3.70. The van der Waals surface area contributed by atoms with Crippen molar-refractivity contribution >= 4 is 5.97 Å². The molecule has 1 aromatic carbocycles. The molecule has 0 aliphatic heterocycles. The maximum atomic E-state index is 11.9. The summed E-state index contributed by atoms with van der Waals surface area (Å²) in [6.45, 7) is 4.51. The number of carbonyl (C=O) groups is 1. The maximum absolute atomic E-state index is 11.9. The average molecular weight is 246 g/mol. The number of esters is 1. The van der Waals surface area contributed by atoms with Gasteiger partial charge in [-0.25, -0.2) is 0 Å². The number of carbonyl (C=O) groups excluding carboxylic acids is 1. The fourth-order valence-electron chi connectivity index (χ4n) is 2.89. The van der Waals surface area contributed by atoms with Crippen LogP contribution in [0.3, 0.4) is 0 Å². The fraction of sp³-hybridized carbons (Fsp3) is 0.562. The van der Waals surface area contributed by atoms with Gasteiger partial charge in [-0.15, -0.1) is 0 Å². The highest BCUT2D eigenvalue weighted by Gasteiger charge is 2.34. The summed E-state index contributed by atoms with van der Waals surface area (Å²) in [6.07, 6.45) is 4.27. The molecule has 98 valence electrons. The van der Waals surface area contributed by atoms with Gasteiger partial charge in [-0.2, -0.15) is 0 Å². The van der Waals surface area contributed by atoms with E-state index < -0.39 is 0 Å². The minimum atomic E-state index is -0.0143. The Kier molecular flexibility index (Phi) is 4.40. The van der Waals surface area contributed by atoms with Crippen LogP contribution in [0.5, 0.6) is 0 Å². The third kappa shape index (κ3) is 2.74. The van der Waals surface area contributed by atoms with Crippen LogP contribution in [0.15, 0.2) is 24.3 Å². The summed E-state index contributed by atoms with van der Waals surface area (Å²) in [7, 11) is 0. The van der Waals surface area contributed by atoms with E-state index in [4.69, 9.17) is 4.74 Å². The van der Waals surface area contributed by atoms with E-state index in [9.17, 15) is 4.79 Å². The SMILES string of the molecule is CCOC(=O)C1CCCC1c1ccc(CC)cc1. The van der Waals surface area contributed by atoms with E-state index in [0.29, 0.717) is 12.5 Å². The van der Waals surface area contributed by atoms with Gasteiger partial charge < -0.3 is 4.74 Å². The zero-order valence-electron chi connectivity index (χ0n) is 11.3. The molecule has 1 aromatic rings. The lowest BCUT2D eigenvalue weighted by molar-refractivity contribution is -0.148. The van der Waals surface area contributed by atoms with Gasteiger partial charge in [0.2, 0.25) is 0 Å². The Bertz CT molecular complexity index is 394. The van der Waals surface area contributed by atoms with Crippen LogP contribution in [0.2, 0.25) is 0 Å². The molecule has 2 rings (SSSR count). The molecule has 0 saturated heterocycles. The summed E-state index contributed by atoms with van der Waals surface area (Å²) >= 11 is 0. The molecule has 0 amide bonds. The van der Waals surface area contributed by atoms with Crippen LogP contribution >= 0.6 is 0 Å². The van der Waals surface area contributed by atoms with Crippen molar-refractivity contribution in [2.45, 2.75) is 45.4 Å². The average Bonchev–Trinajstić information content (AvgIpc) is 2.88. The lowest BCUT2D eigenvalue weighted by Crippen LogP contribution is -2.20. The number of hydrogen-bond donors (Lipinski definition) is 0. The molecule has 2 unspecified atom stereocenters. The standard InChI is InChI=1S/C16H22O2/c1-3-12-8-10-13(11-9-12)14-6-5-7-15(14)16(17)18-4-2/h8-11,14-15H,3-7H2,1-2H3. The van der Waals surface area contributed by atoms with Gasteiger partial charge in [-0.1, -0.05) is 37.6 Å². The first-order valence-electron chi connectivity index (χ1n) is 7.01. The van der Waals surface area contributed by atoms with Crippen LogP contribution in [0, 0.1) is 5.92 Å². The molecule has 0 bridgehead atoms. The molecule has 2 heteroatoms. The normalized spacial score (nSPS) is 23.0. The van der Waals surface area contributed by atoms with Crippen LogP contribution in [-0.4, -0.2) is 12.6 Å². The third-order valence-corrected chi connectivity index (χ3v) is 3.92. The Hall–Kier alpha value is -1.31. The van der Waals surface area contributed by atoms with E-state index in [1.54, 1.807) is 0 Å². The van der Waals surface area contributed by atoms with Crippen molar-refractivity contribution in [3.63, 3.8) is 0 Å². The minimum absolute atomic E-state index is 0.0143. The smallest absolute Gasteiger partial charge is 0.309 e. The summed E-state index contributed by atoms with van der Waals surface area (Å²) in [5, 5.41) is 0. The molecule has 0 aromatic heterocycles. The fourth-order valence-corrected chi connectivity index (χ4v) is 2.89. The summed E-state index contributed by atoms with van der Waals surface area (Å²) in [5.41, 5.74) is 2.65. The monoisotopic (exact) mass is 246 g/mol. The Labute approximate surface area is 109 Å². The molecule has 2 atom stereocenters. The first-order valence-corrected chi connectivity index (χ1v) is 7.01. The molecule has 1 aliphatic carbocycles. The first kappa shape index (κ1) is 13.1. The van der Waals surface area contributed by atoms with Gasteiger partial charge in [0.1, 0.15) is 0 Å². The Balaban J connectivity index is 2.12. The minimum Gasteiger partial charge on any atom is -0.466 e. The number of aryl methyl sites for hydroxylation is 1. The van der Waals surface area contributed by atoms with Crippen LogP contribution in [0.4, 0.5) is 0 Å². The molecule has 1 fully saturated rings. The summed E-state index contributed by atoms with van der Waals surface area (Å²) < 4.78 is 5.18. The van der Waals surface area contributed by atoms with Gasteiger partial charge in [0.25, 0.3) is 0 Å². The second kappa shape index (κ2) is 6.03. The third-order valence-electron chi connectivity index (χ3n) is 3.92. The van der Waals surface area contributed by atoms with Crippen molar-refractivity contribution in [2.24, 2.45) is 5.92 Å². The number of ether oxygens (including phenoxy) is 1. The van der Waals surface area contributed by atoms with Gasteiger partial charge in [-0.3, -0.25) is 4.79 Å². The predicted molar refractivity (Wildman–Crippen MR) is 72.5 cm³/mol. The number of benzene rings is 1. The molecule has 0 radical (unpaired) electrons. The summed E-state index contributed by atoms with van der Waals surface area (Å²) in [5.74, 6) is 0.409.